The molecule has 1 fully saturated rings. The van der Waals surface area contributed by atoms with E-state index in [0.717, 1.165) is 36.5 Å². The lowest BCUT2D eigenvalue weighted by Gasteiger charge is -2.34. The molecule has 1 N–H and O–H groups in total. The smallest absolute Gasteiger partial charge is 0.238 e. The maximum Gasteiger partial charge on any atom is 0.238 e. The van der Waals surface area contributed by atoms with Crippen molar-refractivity contribution < 1.29 is 14.0 Å². The molecular weight excluding hydrogens is 374 g/mol. The SMILES string of the molecule is CCc1ccccc1NC(=O)CN1CCN(C(=O)CSCc2ccco2)CC1. The van der Waals surface area contributed by atoms with E-state index in [1.807, 2.05) is 41.3 Å². The van der Waals surface area contributed by atoms with Gasteiger partial charge < -0.3 is 14.6 Å². The fourth-order valence-electron chi connectivity index (χ4n) is 3.22. The molecule has 0 saturated carbocycles. The van der Waals surface area contributed by atoms with Crippen LogP contribution in [0.5, 0.6) is 0 Å². The van der Waals surface area contributed by atoms with E-state index in [2.05, 4.69) is 17.1 Å². The van der Waals surface area contributed by atoms with E-state index in [-0.39, 0.29) is 11.8 Å². The van der Waals surface area contributed by atoms with E-state index >= 15 is 0 Å². The Morgan fingerprint density at radius 1 is 1.11 bits per heavy atom. The molecule has 1 aliphatic heterocycles. The van der Waals surface area contributed by atoms with E-state index < -0.39 is 0 Å². The maximum atomic E-state index is 12.4. The highest BCUT2D eigenvalue weighted by molar-refractivity contribution is 7.99. The fraction of sp³-hybridized carbons (Fsp3) is 0.429. The van der Waals surface area contributed by atoms with Crippen LogP contribution in [0.3, 0.4) is 0 Å². The molecule has 0 radical (unpaired) electrons. The van der Waals surface area contributed by atoms with Gasteiger partial charge in [-0.05, 0) is 30.2 Å². The molecule has 2 aromatic rings. The van der Waals surface area contributed by atoms with Gasteiger partial charge >= 0.3 is 0 Å². The number of benzene rings is 1. The minimum absolute atomic E-state index is 0.00493. The Morgan fingerprint density at radius 2 is 1.89 bits per heavy atom. The van der Waals surface area contributed by atoms with E-state index in [1.165, 1.54) is 0 Å². The van der Waals surface area contributed by atoms with Crippen LogP contribution in [-0.4, -0.2) is 60.1 Å². The van der Waals surface area contributed by atoms with E-state index in [4.69, 9.17) is 4.42 Å². The topological polar surface area (TPSA) is 65.8 Å². The highest BCUT2D eigenvalue weighted by Crippen LogP contribution is 2.16. The van der Waals surface area contributed by atoms with Crippen molar-refractivity contribution in [2.45, 2.75) is 19.1 Å². The highest BCUT2D eigenvalue weighted by Gasteiger charge is 2.22. The number of nitrogens with zero attached hydrogens (tertiary/aromatic N) is 2. The van der Waals surface area contributed by atoms with Crippen LogP contribution in [0.4, 0.5) is 5.69 Å². The number of hydrogen-bond acceptors (Lipinski definition) is 5. The predicted octanol–water partition coefficient (Wildman–Crippen LogP) is 2.86. The fourth-order valence-corrected chi connectivity index (χ4v) is 4.05. The number of carbonyl (C=O) groups excluding carboxylic acids is 2. The lowest BCUT2D eigenvalue weighted by atomic mass is 10.1. The summed E-state index contributed by atoms with van der Waals surface area (Å²) in [6.07, 6.45) is 2.53. The molecule has 6 nitrogen and oxygen atoms in total. The van der Waals surface area contributed by atoms with Gasteiger partial charge in [-0.2, -0.15) is 0 Å². The zero-order chi connectivity index (χ0) is 19.8. The van der Waals surface area contributed by atoms with Crippen LogP contribution in [0.2, 0.25) is 0 Å². The number of nitrogens with one attached hydrogen (secondary N) is 1. The number of hydrogen-bond donors (Lipinski definition) is 1. The van der Waals surface area contributed by atoms with Gasteiger partial charge in [-0.25, -0.2) is 0 Å². The molecule has 2 amide bonds. The zero-order valence-corrected chi connectivity index (χ0v) is 17.0. The average molecular weight is 402 g/mol. The van der Waals surface area contributed by atoms with Crippen LogP contribution in [0, 0.1) is 0 Å². The first-order chi connectivity index (χ1) is 13.7. The first kappa shape index (κ1) is 20.5. The predicted molar refractivity (Wildman–Crippen MR) is 112 cm³/mol. The van der Waals surface area contributed by atoms with Crippen molar-refractivity contribution in [3.05, 3.63) is 54.0 Å². The standard InChI is InChI=1S/C21H27N3O3S/c1-2-17-6-3-4-8-19(17)22-20(25)14-23-9-11-24(12-10-23)21(26)16-28-15-18-7-5-13-27-18/h3-8,13H,2,9-12,14-16H2,1H3,(H,22,25). The molecule has 0 atom stereocenters. The minimum Gasteiger partial charge on any atom is -0.468 e. The average Bonchev–Trinajstić information content (AvgIpc) is 3.22. The molecule has 0 bridgehead atoms. The summed E-state index contributed by atoms with van der Waals surface area (Å²) in [5.74, 6) is 2.19. The van der Waals surface area contributed by atoms with Crippen LogP contribution in [0.1, 0.15) is 18.2 Å². The number of piperazine rings is 1. The van der Waals surface area contributed by atoms with E-state index in [9.17, 15) is 9.59 Å². The number of thioether (sulfide) groups is 1. The Hall–Kier alpha value is -2.25. The molecule has 28 heavy (non-hydrogen) atoms. The quantitative estimate of drug-likeness (QED) is 0.737. The van der Waals surface area contributed by atoms with Gasteiger partial charge in [0.2, 0.25) is 11.8 Å². The third kappa shape index (κ3) is 5.87. The second kappa shape index (κ2) is 10.3. The molecule has 1 aromatic heterocycles. The van der Waals surface area contributed by atoms with Crippen LogP contribution in [-0.2, 0) is 21.8 Å². The summed E-state index contributed by atoms with van der Waals surface area (Å²) in [5, 5.41) is 3.01. The van der Waals surface area contributed by atoms with Gasteiger partial charge in [-0.1, -0.05) is 25.1 Å². The Labute approximate surface area is 170 Å². The zero-order valence-electron chi connectivity index (χ0n) is 16.2. The van der Waals surface area contributed by atoms with Gasteiger partial charge in [0.1, 0.15) is 5.76 Å². The van der Waals surface area contributed by atoms with Gasteiger partial charge in [0.15, 0.2) is 0 Å². The Balaban J connectivity index is 1.37. The summed E-state index contributed by atoms with van der Waals surface area (Å²) >= 11 is 1.57. The first-order valence-corrected chi connectivity index (χ1v) is 10.8. The van der Waals surface area contributed by atoms with Gasteiger partial charge in [0, 0.05) is 31.9 Å². The van der Waals surface area contributed by atoms with E-state index in [1.54, 1.807) is 18.0 Å². The van der Waals surface area contributed by atoms with Crippen molar-refractivity contribution in [2.24, 2.45) is 0 Å². The number of furan rings is 1. The van der Waals surface area contributed by atoms with Crippen molar-refractivity contribution in [1.82, 2.24) is 9.80 Å². The van der Waals surface area contributed by atoms with E-state index in [0.29, 0.717) is 31.1 Å². The summed E-state index contributed by atoms with van der Waals surface area (Å²) in [7, 11) is 0. The lowest BCUT2D eigenvalue weighted by molar-refractivity contribution is -0.130. The molecule has 7 heteroatoms. The number of amides is 2. The van der Waals surface area contributed by atoms with Gasteiger partial charge in [0.25, 0.3) is 0 Å². The number of anilines is 1. The first-order valence-electron chi connectivity index (χ1n) is 9.63. The number of carbonyl (C=O) groups is 2. The van der Waals surface area contributed by atoms with Crippen molar-refractivity contribution >= 4 is 29.3 Å². The monoisotopic (exact) mass is 401 g/mol. The van der Waals surface area contributed by atoms with Crippen molar-refractivity contribution in [3.8, 4) is 0 Å². The summed E-state index contributed by atoms with van der Waals surface area (Å²) in [4.78, 5) is 28.7. The van der Waals surface area contributed by atoms with Gasteiger partial charge in [-0.3, -0.25) is 14.5 Å². The van der Waals surface area contributed by atoms with Crippen LogP contribution >= 0.6 is 11.8 Å². The largest absolute Gasteiger partial charge is 0.468 e. The van der Waals surface area contributed by atoms with Crippen LogP contribution in [0.15, 0.2) is 47.1 Å². The molecule has 150 valence electrons. The molecule has 1 aromatic carbocycles. The Kier molecular flexibility index (Phi) is 7.56. The van der Waals surface area contributed by atoms with Gasteiger partial charge in [-0.15, -0.1) is 11.8 Å². The second-order valence-electron chi connectivity index (χ2n) is 6.79. The van der Waals surface area contributed by atoms with Gasteiger partial charge in [0.05, 0.1) is 24.3 Å². The van der Waals surface area contributed by atoms with Crippen LogP contribution in [0.25, 0.3) is 0 Å². The summed E-state index contributed by atoms with van der Waals surface area (Å²) in [6, 6.07) is 11.7. The summed E-state index contributed by atoms with van der Waals surface area (Å²) < 4.78 is 5.28. The molecule has 3 rings (SSSR count). The second-order valence-corrected chi connectivity index (χ2v) is 7.77. The molecule has 2 heterocycles. The minimum atomic E-state index is -0.00493. The number of aryl methyl sites for hydroxylation is 1. The Bertz CT molecular complexity index is 771. The third-order valence-electron chi connectivity index (χ3n) is 4.81. The summed E-state index contributed by atoms with van der Waals surface area (Å²) in [5.41, 5.74) is 2.02. The van der Waals surface area contributed by atoms with Crippen molar-refractivity contribution in [3.63, 3.8) is 0 Å². The molecular formula is C21H27N3O3S. The normalized spacial score (nSPS) is 14.8. The maximum absolute atomic E-state index is 12.4. The molecule has 1 saturated heterocycles. The van der Waals surface area contributed by atoms with Crippen LogP contribution < -0.4 is 5.32 Å². The highest BCUT2D eigenvalue weighted by atomic mass is 32.2. The summed E-state index contributed by atoms with van der Waals surface area (Å²) in [6.45, 7) is 5.20. The molecule has 0 spiro atoms. The van der Waals surface area contributed by atoms with Crippen molar-refractivity contribution in [1.29, 1.82) is 0 Å². The van der Waals surface area contributed by atoms with Crippen molar-refractivity contribution in [2.75, 3.05) is 43.8 Å². The molecule has 0 aliphatic carbocycles. The Morgan fingerprint density at radius 3 is 2.61 bits per heavy atom. The number of para-hydroxylation sites is 1. The molecule has 1 aliphatic rings. The lowest BCUT2D eigenvalue weighted by Crippen LogP contribution is -2.50. The third-order valence-corrected chi connectivity index (χ3v) is 5.75. The molecule has 0 unspecified atom stereocenters. The number of rotatable bonds is 8.